The van der Waals surface area contributed by atoms with Crippen molar-refractivity contribution in [2.45, 2.75) is 41.5 Å². The van der Waals surface area contributed by atoms with Gasteiger partial charge < -0.3 is 5.11 Å². The summed E-state index contributed by atoms with van der Waals surface area (Å²) in [7, 11) is 0. The molecule has 0 heterocycles. The number of carboxylic acids is 1. The second-order valence-electron chi connectivity index (χ2n) is 9.90. The SMILES string of the molecule is CC(C)(C)C(=O)c1ccc(C(=O)N(CC(=O)O)C(=O)c2ccc(C(=O)C(C)(C)C)cc2)cc1. The predicted octanol–water partition coefficient (Wildman–Crippen LogP) is 4.51. The Labute approximate surface area is 193 Å². The zero-order valence-corrected chi connectivity index (χ0v) is 19.8. The highest BCUT2D eigenvalue weighted by atomic mass is 16.4. The minimum Gasteiger partial charge on any atom is -0.480 e. The normalized spacial score (nSPS) is 11.6. The molecule has 7 nitrogen and oxygen atoms in total. The van der Waals surface area contributed by atoms with E-state index in [0.717, 1.165) is 0 Å². The van der Waals surface area contributed by atoms with Gasteiger partial charge in [0.25, 0.3) is 11.8 Å². The van der Waals surface area contributed by atoms with Gasteiger partial charge in [0.15, 0.2) is 11.6 Å². The third-order valence-electron chi connectivity index (χ3n) is 4.93. The number of carbonyl (C=O) groups excluding carboxylic acids is 4. The molecule has 0 saturated carbocycles. The summed E-state index contributed by atoms with van der Waals surface area (Å²) in [6.07, 6.45) is 0. The van der Waals surface area contributed by atoms with Crippen molar-refractivity contribution in [1.29, 1.82) is 0 Å². The van der Waals surface area contributed by atoms with Crippen LogP contribution in [-0.2, 0) is 4.79 Å². The van der Waals surface area contributed by atoms with Crippen LogP contribution < -0.4 is 0 Å². The second kappa shape index (κ2) is 9.48. The molecule has 2 aromatic rings. The van der Waals surface area contributed by atoms with Gasteiger partial charge in [-0.15, -0.1) is 0 Å². The fourth-order valence-electron chi connectivity index (χ4n) is 3.08. The molecule has 0 aliphatic carbocycles. The number of benzene rings is 2. The predicted molar refractivity (Wildman–Crippen MR) is 123 cm³/mol. The van der Waals surface area contributed by atoms with E-state index in [0.29, 0.717) is 16.0 Å². The van der Waals surface area contributed by atoms with E-state index < -0.39 is 35.2 Å². The number of hydrogen-bond donors (Lipinski definition) is 1. The van der Waals surface area contributed by atoms with Crippen LogP contribution in [0.3, 0.4) is 0 Å². The Morgan fingerprint density at radius 3 is 1.12 bits per heavy atom. The molecule has 0 fully saturated rings. The Morgan fingerprint density at radius 2 is 0.879 bits per heavy atom. The zero-order chi connectivity index (χ0) is 25.1. The quantitative estimate of drug-likeness (QED) is 0.511. The maximum Gasteiger partial charge on any atom is 0.323 e. The Hall–Kier alpha value is -3.61. The van der Waals surface area contributed by atoms with Crippen molar-refractivity contribution in [2.24, 2.45) is 10.8 Å². The van der Waals surface area contributed by atoms with Crippen LogP contribution in [-0.4, -0.2) is 45.9 Å². The minimum absolute atomic E-state index is 0.0783. The summed E-state index contributed by atoms with van der Waals surface area (Å²) < 4.78 is 0. The summed E-state index contributed by atoms with van der Waals surface area (Å²) in [5, 5.41) is 9.25. The molecular weight excluding hydrogens is 422 g/mol. The number of rotatable bonds is 6. The van der Waals surface area contributed by atoms with Crippen LogP contribution in [0.2, 0.25) is 0 Å². The van der Waals surface area contributed by atoms with Gasteiger partial charge in [-0.1, -0.05) is 65.8 Å². The monoisotopic (exact) mass is 451 g/mol. The third kappa shape index (κ3) is 6.22. The van der Waals surface area contributed by atoms with Crippen LogP contribution in [0.1, 0.15) is 83.0 Å². The van der Waals surface area contributed by atoms with Gasteiger partial charge in [-0.2, -0.15) is 0 Å². The van der Waals surface area contributed by atoms with E-state index in [-0.39, 0.29) is 22.7 Å². The average molecular weight is 452 g/mol. The molecule has 1 N–H and O–H groups in total. The van der Waals surface area contributed by atoms with Crippen LogP contribution in [0.4, 0.5) is 0 Å². The molecule has 0 aromatic heterocycles. The summed E-state index contributed by atoms with van der Waals surface area (Å²) in [6, 6.07) is 11.5. The maximum atomic E-state index is 13.0. The number of carbonyl (C=O) groups is 5. The number of amides is 2. The van der Waals surface area contributed by atoms with Crippen molar-refractivity contribution in [3.8, 4) is 0 Å². The molecule has 0 spiro atoms. The van der Waals surface area contributed by atoms with E-state index in [9.17, 15) is 29.1 Å². The lowest BCUT2D eigenvalue weighted by atomic mass is 9.86. The Bertz CT molecular complexity index is 1000. The largest absolute Gasteiger partial charge is 0.480 e. The van der Waals surface area contributed by atoms with Crippen molar-refractivity contribution in [2.75, 3.05) is 6.54 Å². The van der Waals surface area contributed by atoms with Crippen molar-refractivity contribution in [3.05, 3.63) is 70.8 Å². The topological polar surface area (TPSA) is 109 Å². The lowest BCUT2D eigenvalue weighted by molar-refractivity contribution is -0.137. The molecule has 7 heteroatoms. The second-order valence-corrected chi connectivity index (χ2v) is 9.90. The maximum absolute atomic E-state index is 13.0. The fraction of sp³-hybridized carbons (Fsp3) is 0.346. The first-order chi connectivity index (χ1) is 15.1. The first-order valence-electron chi connectivity index (χ1n) is 10.5. The van der Waals surface area contributed by atoms with Gasteiger partial charge in [0.1, 0.15) is 6.54 Å². The lowest BCUT2D eigenvalue weighted by Gasteiger charge is -2.20. The molecule has 2 amide bonds. The number of ketones is 2. The number of nitrogens with zero attached hydrogens (tertiary/aromatic N) is 1. The van der Waals surface area contributed by atoms with Gasteiger partial charge in [0.2, 0.25) is 0 Å². The van der Waals surface area contributed by atoms with Crippen LogP contribution in [0.5, 0.6) is 0 Å². The summed E-state index contributed by atoms with van der Waals surface area (Å²) in [5.74, 6) is -3.16. The number of imide groups is 1. The van der Waals surface area contributed by atoms with Crippen molar-refractivity contribution >= 4 is 29.4 Å². The summed E-state index contributed by atoms with van der Waals surface area (Å²) >= 11 is 0. The highest BCUT2D eigenvalue weighted by molar-refractivity contribution is 6.12. The smallest absolute Gasteiger partial charge is 0.323 e. The molecule has 0 aliphatic rings. The van der Waals surface area contributed by atoms with E-state index in [1.807, 2.05) is 0 Å². The van der Waals surface area contributed by atoms with Gasteiger partial charge in [0, 0.05) is 33.1 Å². The summed E-state index contributed by atoms with van der Waals surface area (Å²) in [4.78, 5) is 62.8. The number of carboxylic acid groups (broad SMARTS) is 1. The van der Waals surface area contributed by atoms with Crippen molar-refractivity contribution in [3.63, 3.8) is 0 Å². The summed E-state index contributed by atoms with van der Waals surface area (Å²) in [6.45, 7) is 9.85. The van der Waals surface area contributed by atoms with E-state index in [1.165, 1.54) is 48.5 Å². The van der Waals surface area contributed by atoms with Crippen LogP contribution in [0, 0.1) is 10.8 Å². The van der Waals surface area contributed by atoms with Crippen LogP contribution in [0.15, 0.2) is 48.5 Å². The van der Waals surface area contributed by atoms with Crippen LogP contribution >= 0.6 is 0 Å². The Balaban J connectivity index is 2.33. The molecule has 0 atom stereocenters. The number of hydrogen-bond acceptors (Lipinski definition) is 5. The van der Waals surface area contributed by atoms with E-state index in [2.05, 4.69) is 0 Å². The first kappa shape index (κ1) is 25.6. The summed E-state index contributed by atoms with van der Waals surface area (Å²) in [5.41, 5.74) is -0.220. The lowest BCUT2D eigenvalue weighted by Crippen LogP contribution is -2.40. The Morgan fingerprint density at radius 1 is 0.606 bits per heavy atom. The van der Waals surface area contributed by atoms with E-state index in [4.69, 9.17) is 0 Å². The van der Waals surface area contributed by atoms with Crippen LogP contribution in [0.25, 0.3) is 0 Å². The van der Waals surface area contributed by atoms with Gasteiger partial charge in [0.05, 0.1) is 0 Å². The van der Waals surface area contributed by atoms with Crippen molar-refractivity contribution < 1.29 is 29.1 Å². The molecule has 0 saturated heterocycles. The fourth-order valence-corrected chi connectivity index (χ4v) is 3.08. The molecule has 2 aromatic carbocycles. The minimum atomic E-state index is -1.35. The zero-order valence-electron chi connectivity index (χ0n) is 19.8. The van der Waals surface area contributed by atoms with E-state index in [1.54, 1.807) is 41.5 Å². The van der Waals surface area contributed by atoms with Gasteiger partial charge in [-0.05, 0) is 24.3 Å². The molecular formula is C26H29NO6. The average Bonchev–Trinajstić information content (AvgIpc) is 2.74. The molecule has 2 rings (SSSR count). The third-order valence-corrected chi connectivity index (χ3v) is 4.93. The molecule has 33 heavy (non-hydrogen) atoms. The van der Waals surface area contributed by atoms with E-state index >= 15 is 0 Å². The molecule has 174 valence electrons. The highest BCUT2D eigenvalue weighted by Gasteiger charge is 2.28. The number of aliphatic carboxylic acids is 1. The van der Waals surface area contributed by atoms with Gasteiger partial charge in [-0.25, -0.2) is 0 Å². The molecule has 0 radical (unpaired) electrons. The van der Waals surface area contributed by atoms with Crippen molar-refractivity contribution in [1.82, 2.24) is 4.90 Å². The molecule has 0 unspecified atom stereocenters. The first-order valence-corrected chi connectivity index (χ1v) is 10.5. The number of Topliss-reactive ketones (excluding diaryl/α,β-unsaturated/α-hetero) is 2. The molecule has 0 bridgehead atoms. The Kier molecular flexibility index (Phi) is 7.37. The highest BCUT2D eigenvalue weighted by Crippen LogP contribution is 2.23. The standard InChI is InChI=1S/C26H29NO6/c1-25(2,3)21(30)16-7-11-18(12-8-16)23(32)27(15-20(28)29)24(33)19-13-9-17(10-14-19)22(31)26(4,5)6/h7-14H,15H2,1-6H3,(H,28,29). The van der Waals surface area contributed by atoms with Gasteiger partial charge >= 0.3 is 5.97 Å². The van der Waals surface area contributed by atoms with Gasteiger partial charge in [-0.3, -0.25) is 28.9 Å². The molecule has 0 aliphatic heterocycles.